The first-order valence-corrected chi connectivity index (χ1v) is 10.7. The summed E-state index contributed by atoms with van der Waals surface area (Å²) in [5.74, 6) is 0. The number of rotatable bonds is 2. The predicted molar refractivity (Wildman–Crippen MR) is 128 cm³/mol. The summed E-state index contributed by atoms with van der Waals surface area (Å²) in [5, 5.41) is 0. The van der Waals surface area contributed by atoms with Crippen molar-refractivity contribution in [2.24, 2.45) is 0 Å². The molecule has 1 spiro atoms. The normalized spacial score (nSPS) is 19.2. The van der Waals surface area contributed by atoms with Crippen molar-refractivity contribution in [2.45, 2.75) is 19.3 Å². The van der Waals surface area contributed by atoms with Crippen LogP contribution in [0.1, 0.15) is 34.7 Å². The molecule has 0 nitrogen and oxygen atoms in total. The van der Waals surface area contributed by atoms with Crippen molar-refractivity contribution in [1.29, 1.82) is 0 Å². The zero-order valence-corrected chi connectivity index (χ0v) is 18.2. The molecule has 0 saturated carbocycles. The number of halogens is 1. The van der Waals surface area contributed by atoms with Gasteiger partial charge in [-0.25, -0.2) is 0 Å². The van der Waals surface area contributed by atoms with Gasteiger partial charge in [-0.15, -0.1) is 0 Å². The highest BCUT2D eigenvalue weighted by atomic mass is 127. The van der Waals surface area contributed by atoms with Gasteiger partial charge < -0.3 is 0 Å². The highest BCUT2D eigenvalue weighted by Gasteiger charge is 2.52. The number of fused-ring (bicyclic) bond motifs is 7. The van der Waals surface area contributed by atoms with E-state index in [1.807, 2.05) is 6.08 Å². The molecule has 2 aliphatic rings. The molecular weight excluding hydrogens is 451 g/mol. The Morgan fingerprint density at radius 3 is 2.29 bits per heavy atom. The zero-order chi connectivity index (χ0) is 19.5. The second kappa shape index (κ2) is 6.31. The molecule has 3 aromatic carbocycles. The quantitative estimate of drug-likeness (QED) is 0.340. The standard InChI is InChI=1S/C27H21I/c1-4-10-20-18(5-2)25-17(3)11-8-14-22(25)27(20)21-13-7-6-12-19(21)26-23(27)15-9-16-24(26)28/h4-16H,2H2,1,3H3/b10-4-. The highest BCUT2D eigenvalue weighted by Crippen LogP contribution is 2.63. The summed E-state index contributed by atoms with van der Waals surface area (Å²) in [7, 11) is 0. The molecule has 28 heavy (non-hydrogen) atoms. The molecule has 0 N–H and O–H groups in total. The topological polar surface area (TPSA) is 0 Å². The third-order valence-corrected chi connectivity index (χ3v) is 7.09. The van der Waals surface area contributed by atoms with Crippen LogP contribution in [0, 0.1) is 10.5 Å². The molecule has 1 heteroatoms. The van der Waals surface area contributed by atoms with Gasteiger partial charge in [0.05, 0.1) is 5.41 Å². The number of hydrogen-bond donors (Lipinski definition) is 0. The van der Waals surface area contributed by atoms with Crippen molar-refractivity contribution in [3.63, 3.8) is 0 Å². The SMILES string of the molecule is C=CC1=C(/C=C\C)C2(c3ccccc3-c3c(I)cccc32)c2cccc(C)c21. The Labute approximate surface area is 180 Å². The van der Waals surface area contributed by atoms with Crippen LogP contribution in [-0.2, 0) is 5.41 Å². The van der Waals surface area contributed by atoms with Gasteiger partial charge in [0.25, 0.3) is 0 Å². The molecule has 0 heterocycles. The van der Waals surface area contributed by atoms with Crippen LogP contribution in [0.2, 0.25) is 0 Å². The molecule has 1 unspecified atom stereocenters. The maximum absolute atomic E-state index is 4.21. The lowest BCUT2D eigenvalue weighted by Gasteiger charge is -2.31. The Bertz CT molecular complexity index is 1210. The van der Waals surface area contributed by atoms with E-state index < -0.39 is 0 Å². The fraction of sp³-hybridized carbons (Fsp3) is 0.111. The molecule has 0 fully saturated rings. The fourth-order valence-electron chi connectivity index (χ4n) is 5.28. The largest absolute Gasteiger partial charge is 0.0984 e. The van der Waals surface area contributed by atoms with Crippen molar-refractivity contribution >= 4 is 28.2 Å². The predicted octanol–water partition coefficient (Wildman–Crippen LogP) is 7.44. The molecule has 3 aromatic rings. The van der Waals surface area contributed by atoms with E-state index in [1.54, 1.807) is 0 Å². The Balaban J connectivity index is 2.06. The molecule has 2 aliphatic carbocycles. The van der Waals surface area contributed by atoms with Crippen molar-refractivity contribution in [1.82, 2.24) is 0 Å². The average Bonchev–Trinajstić information content (AvgIpc) is 3.16. The first kappa shape index (κ1) is 17.7. The van der Waals surface area contributed by atoms with Crippen LogP contribution in [0.4, 0.5) is 0 Å². The Hall–Kier alpha value is -2.39. The van der Waals surface area contributed by atoms with Crippen molar-refractivity contribution < 1.29 is 0 Å². The van der Waals surface area contributed by atoms with Crippen LogP contribution in [0.5, 0.6) is 0 Å². The number of benzene rings is 3. The maximum atomic E-state index is 4.21. The van der Waals surface area contributed by atoms with E-state index in [4.69, 9.17) is 0 Å². The van der Waals surface area contributed by atoms with E-state index in [9.17, 15) is 0 Å². The molecule has 0 amide bonds. The van der Waals surface area contributed by atoms with Crippen LogP contribution in [0.25, 0.3) is 16.7 Å². The molecule has 0 aromatic heterocycles. The van der Waals surface area contributed by atoms with Crippen LogP contribution in [0.15, 0.2) is 91.0 Å². The van der Waals surface area contributed by atoms with E-state index in [0.29, 0.717) is 0 Å². The van der Waals surface area contributed by atoms with E-state index in [1.165, 1.54) is 53.7 Å². The molecular formula is C27H21I. The smallest absolute Gasteiger partial charge is 0.0725 e. The van der Waals surface area contributed by atoms with E-state index in [-0.39, 0.29) is 5.41 Å². The first-order valence-electron chi connectivity index (χ1n) is 9.65. The molecule has 5 rings (SSSR count). The van der Waals surface area contributed by atoms with Crippen LogP contribution < -0.4 is 0 Å². The minimum absolute atomic E-state index is 0.273. The lowest BCUT2D eigenvalue weighted by molar-refractivity contribution is 0.785. The van der Waals surface area contributed by atoms with Gasteiger partial charge >= 0.3 is 0 Å². The molecule has 1 atom stereocenters. The van der Waals surface area contributed by atoms with Gasteiger partial charge in [0.15, 0.2) is 0 Å². The van der Waals surface area contributed by atoms with E-state index >= 15 is 0 Å². The summed E-state index contributed by atoms with van der Waals surface area (Å²) < 4.78 is 1.31. The summed E-state index contributed by atoms with van der Waals surface area (Å²) >= 11 is 2.49. The number of hydrogen-bond acceptors (Lipinski definition) is 0. The summed E-state index contributed by atoms with van der Waals surface area (Å²) in [4.78, 5) is 0. The van der Waals surface area contributed by atoms with Crippen LogP contribution in [0.3, 0.4) is 0 Å². The summed E-state index contributed by atoms with van der Waals surface area (Å²) in [6.45, 7) is 8.52. The third-order valence-electron chi connectivity index (χ3n) is 6.20. The fourth-order valence-corrected chi connectivity index (χ4v) is 6.07. The van der Waals surface area contributed by atoms with Crippen molar-refractivity contribution in [3.05, 3.63) is 122 Å². The average molecular weight is 472 g/mol. The molecule has 0 saturated heterocycles. The minimum atomic E-state index is -0.273. The van der Waals surface area contributed by atoms with Gasteiger partial charge in [-0.2, -0.15) is 0 Å². The van der Waals surface area contributed by atoms with Crippen LogP contribution >= 0.6 is 22.6 Å². The number of allylic oxidation sites excluding steroid dienone is 5. The third kappa shape index (κ3) is 2.00. The highest BCUT2D eigenvalue weighted by molar-refractivity contribution is 14.1. The second-order valence-electron chi connectivity index (χ2n) is 7.49. The monoisotopic (exact) mass is 472 g/mol. The summed E-state index contributed by atoms with van der Waals surface area (Å²) in [6, 6.07) is 22.4. The summed E-state index contributed by atoms with van der Waals surface area (Å²) in [6.07, 6.45) is 6.50. The maximum Gasteiger partial charge on any atom is 0.0725 e. The molecule has 0 aliphatic heterocycles. The van der Waals surface area contributed by atoms with Crippen molar-refractivity contribution in [3.8, 4) is 11.1 Å². The zero-order valence-electron chi connectivity index (χ0n) is 16.1. The summed E-state index contributed by atoms with van der Waals surface area (Å²) in [5.41, 5.74) is 11.8. The number of aryl methyl sites for hydroxylation is 1. The lowest BCUT2D eigenvalue weighted by Crippen LogP contribution is -2.26. The molecule has 0 bridgehead atoms. The van der Waals surface area contributed by atoms with Crippen molar-refractivity contribution in [2.75, 3.05) is 0 Å². The van der Waals surface area contributed by atoms with Gasteiger partial charge in [-0.3, -0.25) is 0 Å². The molecule has 0 radical (unpaired) electrons. The van der Waals surface area contributed by atoms with E-state index in [0.717, 1.165) is 0 Å². The van der Waals surface area contributed by atoms with Gasteiger partial charge in [0, 0.05) is 9.13 Å². The van der Waals surface area contributed by atoms with Gasteiger partial charge in [-0.05, 0) is 87.0 Å². The minimum Gasteiger partial charge on any atom is -0.0984 e. The Morgan fingerprint density at radius 2 is 1.54 bits per heavy atom. The van der Waals surface area contributed by atoms with Gasteiger partial charge in [-0.1, -0.05) is 79.4 Å². The first-order chi connectivity index (χ1) is 13.7. The van der Waals surface area contributed by atoms with Gasteiger partial charge in [0.2, 0.25) is 0 Å². The van der Waals surface area contributed by atoms with Gasteiger partial charge in [0.1, 0.15) is 0 Å². The van der Waals surface area contributed by atoms with E-state index in [2.05, 4.69) is 116 Å². The lowest BCUT2D eigenvalue weighted by atomic mass is 9.69. The van der Waals surface area contributed by atoms with Crippen LogP contribution in [-0.4, -0.2) is 0 Å². The molecule has 136 valence electrons. The second-order valence-corrected chi connectivity index (χ2v) is 8.65. The Morgan fingerprint density at radius 1 is 0.857 bits per heavy atom. The Kier molecular flexibility index (Phi) is 3.99.